The number of esters is 2. The van der Waals surface area contributed by atoms with Crippen molar-refractivity contribution in [3.63, 3.8) is 0 Å². The van der Waals surface area contributed by atoms with E-state index in [1.807, 2.05) is 0 Å². The fraction of sp³-hybridized carbons (Fsp3) is 0.300. The fourth-order valence-corrected chi connectivity index (χ4v) is 2.45. The van der Waals surface area contributed by atoms with E-state index in [4.69, 9.17) is 37.4 Å². The number of benzene rings is 2. The SMILES string of the molecule is CC(OC(=O)c1ccccc1)C(Cl)OC(Cl)C(C)OC(=O)c1ccccc1. The molecule has 0 aromatic heterocycles. The number of rotatable bonds is 8. The van der Waals surface area contributed by atoms with Gasteiger partial charge in [0.25, 0.3) is 0 Å². The summed E-state index contributed by atoms with van der Waals surface area (Å²) in [5.74, 6) is -1.04. The van der Waals surface area contributed by atoms with Crippen molar-refractivity contribution in [2.24, 2.45) is 0 Å². The molecule has 0 fully saturated rings. The lowest BCUT2D eigenvalue weighted by Gasteiger charge is -2.25. The van der Waals surface area contributed by atoms with Gasteiger partial charge in [0.05, 0.1) is 11.1 Å². The van der Waals surface area contributed by atoms with E-state index in [0.717, 1.165) is 0 Å². The number of ether oxygens (including phenoxy) is 3. The fourth-order valence-electron chi connectivity index (χ4n) is 2.07. The number of carbonyl (C=O) groups excluding carboxylic acids is 2. The van der Waals surface area contributed by atoms with Crippen LogP contribution in [-0.2, 0) is 14.2 Å². The Bertz CT molecular complexity index is 675. The first-order chi connectivity index (χ1) is 12.9. The van der Waals surface area contributed by atoms with Gasteiger partial charge in [-0.25, -0.2) is 9.59 Å². The lowest BCUT2D eigenvalue weighted by Crippen LogP contribution is -2.34. The Morgan fingerprint density at radius 3 is 1.37 bits per heavy atom. The molecule has 0 spiro atoms. The number of hydrogen-bond donors (Lipinski definition) is 0. The predicted molar refractivity (Wildman–Crippen MR) is 103 cm³/mol. The average Bonchev–Trinajstić information content (AvgIpc) is 2.68. The van der Waals surface area contributed by atoms with Gasteiger partial charge in [-0.15, -0.1) is 0 Å². The molecule has 0 saturated carbocycles. The van der Waals surface area contributed by atoms with Crippen molar-refractivity contribution < 1.29 is 23.8 Å². The Morgan fingerprint density at radius 1 is 0.704 bits per heavy atom. The van der Waals surface area contributed by atoms with Gasteiger partial charge in [-0.2, -0.15) is 0 Å². The van der Waals surface area contributed by atoms with Gasteiger partial charge in [0.2, 0.25) is 0 Å². The Labute approximate surface area is 168 Å². The van der Waals surface area contributed by atoms with Gasteiger partial charge < -0.3 is 14.2 Å². The quantitative estimate of drug-likeness (QED) is 0.469. The second-order valence-electron chi connectivity index (χ2n) is 5.79. The maximum absolute atomic E-state index is 12.0. The molecule has 0 aliphatic heterocycles. The summed E-state index contributed by atoms with van der Waals surface area (Å²) < 4.78 is 16.0. The average molecular weight is 411 g/mol. The zero-order valence-electron chi connectivity index (χ0n) is 14.9. The third kappa shape index (κ3) is 6.54. The second-order valence-corrected chi connectivity index (χ2v) is 6.65. The van der Waals surface area contributed by atoms with Crippen LogP contribution in [0, 0.1) is 0 Å². The molecule has 4 unspecified atom stereocenters. The first-order valence-corrected chi connectivity index (χ1v) is 9.21. The molecule has 0 bridgehead atoms. The van der Waals surface area contributed by atoms with Crippen LogP contribution in [0.5, 0.6) is 0 Å². The van der Waals surface area contributed by atoms with Crippen LogP contribution in [0.3, 0.4) is 0 Å². The number of hydrogen-bond acceptors (Lipinski definition) is 5. The second kappa shape index (κ2) is 10.3. The zero-order valence-corrected chi connectivity index (χ0v) is 16.4. The number of alkyl halides is 2. The molecule has 2 rings (SSSR count). The molecule has 5 nitrogen and oxygen atoms in total. The molecule has 4 atom stereocenters. The molecular formula is C20H20Cl2O5. The lowest BCUT2D eigenvalue weighted by atomic mass is 10.2. The highest BCUT2D eigenvalue weighted by Crippen LogP contribution is 2.19. The summed E-state index contributed by atoms with van der Waals surface area (Å²) in [7, 11) is 0. The minimum absolute atomic E-state index is 0.404. The Balaban J connectivity index is 1.83. The molecule has 0 N–H and O–H groups in total. The summed E-state index contributed by atoms with van der Waals surface area (Å²) in [4.78, 5) is 24.1. The van der Waals surface area contributed by atoms with Crippen molar-refractivity contribution in [3.8, 4) is 0 Å². The van der Waals surface area contributed by atoms with Crippen LogP contribution in [-0.4, -0.2) is 35.3 Å². The van der Waals surface area contributed by atoms with Crippen LogP contribution >= 0.6 is 23.2 Å². The van der Waals surface area contributed by atoms with Gasteiger partial charge in [-0.3, -0.25) is 0 Å². The summed E-state index contributed by atoms with van der Waals surface area (Å²) in [6, 6.07) is 17.0. The molecular weight excluding hydrogens is 391 g/mol. The van der Waals surface area contributed by atoms with Crippen LogP contribution in [0.2, 0.25) is 0 Å². The van der Waals surface area contributed by atoms with E-state index < -0.39 is 35.3 Å². The van der Waals surface area contributed by atoms with E-state index in [9.17, 15) is 9.59 Å². The van der Waals surface area contributed by atoms with Crippen molar-refractivity contribution >= 4 is 35.1 Å². The third-order valence-corrected chi connectivity index (χ3v) is 4.52. The molecule has 7 heteroatoms. The first kappa shape index (κ1) is 21.2. The summed E-state index contributed by atoms with van der Waals surface area (Å²) in [6.45, 7) is 3.17. The van der Waals surface area contributed by atoms with Crippen LogP contribution in [0.1, 0.15) is 34.6 Å². The molecule has 0 saturated heterocycles. The van der Waals surface area contributed by atoms with Crippen LogP contribution in [0.25, 0.3) is 0 Å². The smallest absolute Gasteiger partial charge is 0.338 e. The highest BCUT2D eigenvalue weighted by atomic mass is 35.5. The highest BCUT2D eigenvalue weighted by Gasteiger charge is 2.27. The van der Waals surface area contributed by atoms with E-state index in [2.05, 4.69) is 0 Å². The van der Waals surface area contributed by atoms with Gasteiger partial charge in [0.15, 0.2) is 11.1 Å². The van der Waals surface area contributed by atoms with Crippen LogP contribution in [0.4, 0.5) is 0 Å². The molecule has 27 heavy (non-hydrogen) atoms. The molecule has 144 valence electrons. The molecule has 2 aromatic carbocycles. The van der Waals surface area contributed by atoms with Gasteiger partial charge in [-0.1, -0.05) is 59.6 Å². The topological polar surface area (TPSA) is 61.8 Å². The van der Waals surface area contributed by atoms with Crippen molar-refractivity contribution in [3.05, 3.63) is 71.8 Å². The van der Waals surface area contributed by atoms with E-state index in [1.54, 1.807) is 74.5 Å². The highest BCUT2D eigenvalue weighted by molar-refractivity contribution is 6.22. The Kier molecular flexibility index (Phi) is 8.10. The van der Waals surface area contributed by atoms with E-state index in [-0.39, 0.29) is 0 Å². The van der Waals surface area contributed by atoms with Gasteiger partial charge in [0, 0.05) is 0 Å². The summed E-state index contributed by atoms with van der Waals surface area (Å²) in [6.07, 6.45) is -1.53. The van der Waals surface area contributed by atoms with Crippen molar-refractivity contribution in [1.82, 2.24) is 0 Å². The van der Waals surface area contributed by atoms with E-state index in [1.165, 1.54) is 0 Å². The number of halogens is 2. The van der Waals surface area contributed by atoms with Crippen LogP contribution in [0.15, 0.2) is 60.7 Å². The van der Waals surface area contributed by atoms with Crippen molar-refractivity contribution in [2.45, 2.75) is 37.2 Å². The molecule has 0 heterocycles. The van der Waals surface area contributed by atoms with Crippen LogP contribution < -0.4 is 0 Å². The lowest BCUT2D eigenvalue weighted by molar-refractivity contribution is -0.0559. The van der Waals surface area contributed by atoms with Crippen molar-refractivity contribution in [2.75, 3.05) is 0 Å². The first-order valence-electron chi connectivity index (χ1n) is 8.34. The molecule has 0 amide bonds. The molecule has 0 aliphatic rings. The van der Waals surface area contributed by atoms with E-state index >= 15 is 0 Å². The third-order valence-electron chi connectivity index (χ3n) is 3.60. The Hall–Kier alpha value is -2.08. The van der Waals surface area contributed by atoms with Crippen molar-refractivity contribution in [1.29, 1.82) is 0 Å². The zero-order chi connectivity index (χ0) is 19.8. The summed E-state index contributed by atoms with van der Waals surface area (Å²) in [5.41, 5.74) is -1.22. The molecule has 0 aliphatic carbocycles. The Morgan fingerprint density at radius 2 is 1.04 bits per heavy atom. The predicted octanol–water partition coefficient (Wildman–Crippen LogP) is 4.62. The maximum atomic E-state index is 12.0. The summed E-state index contributed by atoms with van der Waals surface area (Å²) >= 11 is 12.3. The maximum Gasteiger partial charge on any atom is 0.338 e. The molecule has 2 aromatic rings. The number of carbonyl (C=O) groups is 2. The van der Waals surface area contributed by atoms with Gasteiger partial charge >= 0.3 is 11.9 Å². The minimum Gasteiger partial charge on any atom is -0.455 e. The molecule has 0 radical (unpaired) electrons. The standard InChI is InChI=1S/C20H20Cl2O5/c1-13(25-19(23)15-9-5-3-6-10-15)17(21)27-18(22)14(2)26-20(24)16-11-7-4-8-12-16/h3-14,17-18H,1-2H3. The normalized spacial score (nSPS) is 15.3. The van der Waals surface area contributed by atoms with E-state index in [0.29, 0.717) is 11.1 Å². The monoisotopic (exact) mass is 410 g/mol. The van der Waals surface area contributed by atoms with Gasteiger partial charge in [0.1, 0.15) is 12.2 Å². The van der Waals surface area contributed by atoms with Gasteiger partial charge in [-0.05, 0) is 38.1 Å². The largest absolute Gasteiger partial charge is 0.455 e. The summed E-state index contributed by atoms with van der Waals surface area (Å²) in [5, 5.41) is 0. The minimum atomic E-state index is -1.02.